The molecule has 0 fully saturated rings. The summed E-state index contributed by atoms with van der Waals surface area (Å²) in [7, 11) is 0. The molecule has 2 rings (SSSR count). The molecule has 1 N–H and O–H groups in total. The number of thiazole rings is 1. The zero-order valence-corrected chi connectivity index (χ0v) is 12.2. The largest absolute Gasteiger partial charge is 0.481 e. The molecule has 0 atom stereocenters. The molecule has 2 aromatic rings. The number of aryl methyl sites for hydroxylation is 4. The number of aromatic nitrogens is 1. The van der Waals surface area contributed by atoms with Gasteiger partial charge in [-0.2, -0.15) is 0 Å². The molecule has 0 saturated carbocycles. The van der Waals surface area contributed by atoms with Crippen molar-refractivity contribution in [1.29, 1.82) is 0 Å². The van der Waals surface area contributed by atoms with E-state index in [4.69, 9.17) is 5.11 Å². The summed E-state index contributed by atoms with van der Waals surface area (Å²) in [6, 6.07) is 6.28. The van der Waals surface area contributed by atoms with Crippen molar-refractivity contribution in [3.05, 3.63) is 39.2 Å². The van der Waals surface area contributed by atoms with E-state index < -0.39 is 5.97 Å². The molecule has 0 spiro atoms. The number of rotatable bonds is 4. The van der Waals surface area contributed by atoms with Gasteiger partial charge in [0.2, 0.25) is 0 Å². The van der Waals surface area contributed by atoms with Crippen molar-refractivity contribution < 1.29 is 9.90 Å². The zero-order valence-electron chi connectivity index (χ0n) is 11.4. The second-order valence-corrected chi connectivity index (χ2v) is 6.00. The zero-order chi connectivity index (χ0) is 14.0. The molecule has 3 nitrogen and oxygen atoms in total. The highest BCUT2D eigenvalue weighted by atomic mass is 32.1. The predicted molar refractivity (Wildman–Crippen MR) is 77.7 cm³/mol. The molecular weight excluding hydrogens is 258 g/mol. The van der Waals surface area contributed by atoms with Crippen LogP contribution < -0.4 is 0 Å². The fourth-order valence-electron chi connectivity index (χ4n) is 2.06. The van der Waals surface area contributed by atoms with Crippen molar-refractivity contribution >= 4 is 17.3 Å². The van der Waals surface area contributed by atoms with Crippen LogP contribution in [0.2, 0.25) is 0 Å². The van der Waals surface area contributed by atoms with E-state index in [-0.39, 0.29) is 6.42 Å². The van der Waals surface area contributed by atoms with Gasteiger partial charge in [-0.25, -0.2) is 4.98 Å². The molecule has 1 aromatic heterocycles. The smallest absolute Gasteiger partial charge is 0.303 e. The standard InChI is InChI=1S/C15H17NO2S/c1-9-4-5-10(2)12(8-9)15-13(6-7-14(17)18)19-11(3)16-15/h4-5,8H,6-7H2,1-3H3,(H,17,18). The minimum Gasteiger partial charge on any atom is -0.481 e. The van der Waals surface area contributed by atoms with Crippen molar-refractivity contribution in [2.75, 3.05) is 0 Å². The first kappa shape index (κ1) is 13.7. The maximum absolute atomic E-state index is 10.7. The summed E-state index contributed by atoms with van der Waals surface area (Å²) < 4.78 is 0. The van der Waals surface area contributed by atoms with E-state index in [0.29, 0.717) is 6.42 Å². The lowest BCUT2D eigenvalue weighted by atomic mass is 10.0. The first-order valence-corrected chi connectivity index (χ1v) is 7.04. The van der Waals surface area contributed by atoms with Crippen LogP contribution in [0.25, 0.3) is 11.3 Å². The van der Waals surface area contributed by atoms with Crippen LogP contribution in [0.15, 0.2) is 18.2 Å². The van der Waals surface area contributed by atoms with E-state index >= 15 is 0 Å². The third kappa shape index (κ3) is 3.20. The summed E-state index contributed by atoms with van der Waals surface area (Å²) in [6.45, 7) is 6.08. The number of benzene rings is 1. The molecule has 0 aliphatic carbocycles. The summed E-state index contributed by atoms with van der Waals surface area (Å²) >= 11 is 1.59. The Morgan fingerprint density at radius 3 is 2.74 bits per heavy atom. The van der Waals surface area contributed by atoms with Gasteiger partial charge in [0, 0.05) is 10.4 Å². The van der Waals surface area contributed by atoms with Gasteiger partial charge in [-0.05, 0) is 38.8 Å². The van der Waals surface area contributed by atoms with E-state index in [1.807, 2.05) is 6.92 Å². The number of hydrogen-bond donors (Lipinski definition) is 1. The molecule has 1 heterocycles. The Morgan fingerprint density at radius 1 is 1.32 bits per heavy atom. The molecule has 0 saturated heterocycles. The molecule has 0 aliphatic heterocycles. The van der Waals surface area contributed by atoms with Crippen molar-refractivity contribution in [2.24, 2.45) is 0 Å². The summed E-state index contributed by atoms with van der Waals surface area (Å²) in [4.78, 5) is 16.4. The Morgan fingerprint density at radius 2 is 2.05 bits per heavy atom. The highest BCUT2D eigenvalue weighted by molar-refractivity contribution is 7.12. The fraction of sp³-hybridized carbons (Fsp3) is 0.333. The van der Waals surface area contributed by atoms with E-state index in [2.05, 4.69) is 37.0 Å². The first-order chi connectivity index (χ1) is 8.97. The quantitative estimate of drug-likeness (QED) is 0.924. The summed E-state index contributed by atoms with van der Waals surface area (Å²) in [5.74, 6) is -0.766. The lowest BCUT2D eigenvalue weighted by molar-refractivity contribution is -0.136. The van der Waals surface area contributed by atoms with Gasteiger partial charge in [0.15, 0.2) is 0 Å². The normalized spacial score (nSPS) is 10.7. The monoisotopic (exact) mass is 275 g/mol. The predicted octanol–water partition coefficient (Wildman–Crippen LogP) is 3.75. The number of nitrogens with zero attached hydrogens (tertiary/aromatic N) is 1. The van der Waals surface area contributed by atoms with E-state index in [0.717, 1.165) is 21.1 Å². The van der Waals surface area contributed by atoms with Crippen LogP contribution in [0.5, 0.6) is 0 Å². The number of carboxylic acids is 1. The van der Waals surface area contributed by atoms with Crippen LogP contribution in [0, 0.1) is 20.8 Å². The number of carbonyl (C=O) groups is 1. The molecule has 0 bridgehead atoms. The van der Waals surface area contributed by atoms with Crippen molar-refractivity contribution in [1.82, 2.24) is 4.98 Å². The lowest BCUT2D eigenvalue weighted by Gasteiger charge is -2.06. The van der Waals surface area contributed by atoms with Crippen molar-refractivity contribution in [3.63, 3.8) is 0 Å². The van der Waals surface area contributed by atoms with Gasteiger partial charge in [-0.1, -0.05) is 17.7 Å². The van der Waals surface area contributed by atoms with Crippen LogP contribution in [-0.4, -0.2) is 16.1 Å². The van der Waals surface area contributed by atoms with Crippen LogP contribution in [-0.2, 0) is 11.2 Å². The third-order valence-electron chi connectivity index (χ3n) is 3.02. The molecule has 1 aromatic carbocycles. The average molecular weight is 275 g/mol. The van der Waals surface area contributed by atoms with Gasteiger partial charge in [0.05, 0.1) is 17.1 Å². The van der Waals surface area contributed by atoms with Crippen molar-refractivity contribution in [2.45, 2.75) is 33.6 Å². The summed E-state index contributed by atoms with van der Waals surface area (Å²) in [5, 5.41) is 9.81. The lowest BCUT2D eigenvalue weighted by Crippen LogP contribution is -1.97. The summed E-state index contributed by atoms with van der Waals surface area (Å²) in [5.41, 5.74) is 4.43. The minimum absolute atomic E-state index is 0.152. The van der Waals surface area contributed by atoms with Crippen molar-refractivity contribution in [3.8, 4) is 11.3 Å². The average Bonchev–Trinajstić information content (AvgIpc) is 2.71. The Hall–Kier alpha value is -1.68. The van der Waals surface area contributed by atoms with E-state index in [9.17, 15) is 4.79 Å². The molecule has 0 unspecified atom stereocenters. The maximum Gasteiger partial charge on any atom is 0.303 e. The van der Waals surface area contributed by atoms with Crippen LogP contribution in [0.1, 0.15) is 27.4 Å². The molecule has 0 aliphatic rings. The molecular formula is C15H17NO2S. The Kier molecular flexibility index (Phi) is 4.00. The number of carboxylic acid groups (broad SMARTS) is 1. The topological polar surface area (TPSA) is 50.2 Å². The van der Waals surface area contributed by atoms with Gasteiger partial charge in [0.1, 0.15) is 0 Å². The third-order valence-corrected chi connectivity index (χ3v) is 4.05. The first-order valence-electron chi connectivity index (χ1n) is 6.23. The summed E-state index contributed by atoms with van der Waals surface area (Å²) in [6.07, 6.45) is 0.697. The fourth-order valence-corrected chi connectivity index (χ4v) is 3.01. The molecule has 19 heavy (non-hydrogen) atoms. The van der Waals surface area contributed by atoms with Crippen LogP contribution >= 0.6 is 11.3 Å². The van der Waals surface area contributed by atoms with Gasteiger partial charge >= 0.3 is 5.97 Å². The Labute approximate surface area is 116 Å². The second kappa shape index (κ2) is 5.53. The molecule has 0 amide bonds. The van der Waals surface area contributed by atoms with Crippen LogP contribution in [0.3, 0.4) is 0 Å². The maximum atomic E-state index is 10.7. The second-order valence-electron chi connectivity index (χ2n) is 4.72. The van der Waals surface area contributed by atoms with E-state index in [1.54, 1.807) is 11.3 Å². The minimum atomic E-state index is -0.766. The van der Waals surface area contributed by atoms with Gasteiger partial charge in [-0.15, -0.1) is 11.3 Å². The van der Waals surface area contributed by atoms with Gasteiger partial charge < -0.3 is 5.11 Å². The van der Waals surface area contributed by atoms with Crippen LogP contribution in [0.4, 0.5) is 0 Å². The molecule has 0 radical (unpaired) electrons. The number of hydrogen-bond acceptors (Lipinski definition) is 3. The van der Waals surface area contributed by atoms with Gasteiger partial charge in [-0.3, -0.25) is 4.79 Å². The highest BCUT2D eigenvalue weighted by Gasteiger charge is 2.14. The molecule has 4 heteroatoms. The number of aliphatic carboxylic acids is 1. The SMILES string of the molecule is Cc1ccc(C)c(-c2nc(C)sc2CCC(=O)O)c1. The molecule has 100 valence electrons. The van der Waals surface area contributed by atoms with E-state index in [1.165, 1.54) is 11.1 Å². The highest BCUT2D eigenvalue weighted by Crippen LogP contribution is 2.31. The van der Waals surface area contributed by atoms with Gasteiger partial charge in [0.25, 0.3) is 0 Å². The Balaban J connectivity index is 2.43. The Bertz CT molecular complexity index is 617.